The zero-order chi connectivity index (χ0) is 11.5. The molecule has 0 aromatic carbocycles. The fraction of sp³-hybridized carbons (Fsp3) is 0.667. The smallest absolute Gasteiger partial charge is 0.268 e. The van der Waals surface area contributed by atoms with Crippen molar-refractivity contribution in [2.24, 2.45) is 5.92 Å². The lowest BCUT2D eigenvalue weighted by Crippen LogP contribution is -2.29. The van der Waals surface area contributed by atoms with E-state index in [1.165, 1.54) is 23.9 Å². The van der Waals surface area contributed by atoms with Crippen molar-refractivity contribution in [1.29, 1.82) is 0 Å². The maximum atomic E-state index is 11.7. The van der Waals surface area contributed by atoms with Gasteiger partial charge in [-0.15, -0.1) is 0 Å². The maximum absolute atomic E-state index is 11.7. The van der Waals surface area contributed by atoms with Gasteiger partial charge >= 0.3 is 0 Å². The Kier molecular flexibility index (Phi) is 3.27. The molecule has 0 aliphatic heterocycles. The molecule has 0 saturated heterocycles. The largest absolute Gasteiger partial charge is 0.381 e. The van der Waals surface area contributed by atoms with E-state index >= 15 is 0 Å². The quantitative estimate of drug-likeness (QED) is 0.844. The van der Waals surface area contributed by atoms with E-state index in [-0.39, 0.29) is 5.56 Å². The summed E-state index contributed by atoms with van der Waals surface area (Å²) < 4.78 is 1.52. The highest BCUT2D eigenvalue weighted by atomic mass is 16.1. The highest BCUT2D eigenvalue weighted by Crippen LogP contribution is 2.21. The SMILES string of the molecule is CC(C)Cn1ncc(NC2CCC2)cc1=O. The minimum Gasteiger partial charge on any atom is -0.381 e. The van der Waals surface area contributed by atoms with Crippen LogP contribution in [0.3, 0.4) is 0 Å². The number of rotatable bonds is 4. The van der Waals surface area contributed by atoms with E-state index in [1.54, 1.807) is 12.3 Å². The van der Waals surface area contributed by atoms with Gasteiger partial charge in [-0.05, 0) is 25.2 Å². The Morgan fingerprint density at radius 2 is 2.31 bits per heavy atom. The van der Waals surface area contributed by atoms with Gasteiger partial charge in [0.15, 0.2) is 0 Å². The second kappa shape index (κ2) is 4.68. The van der Waals surface area contributed by atoms with Crippen LogP contribution < -0.4 is 10.9 Å². The van der Waals surface area contributed by atoms with Crippen molar-refractivity contribution in [1.82, 2.24) is 9.78 Å². The molecule has 2 rings (SSSR count). The molecule has 1 heterocycles. The second-order valence-corrected chi connectivity index (χ2v) is 4.93. The Morgan fingerprint density at radius 1 is 1.56 bits per heavy atom. The molecule has 0 spiro atoms. The van der Waals surface area contributed by atoms with Crippen LogP contribution in [0, 0.1) is 5.92 Å². The van der Waals surface area contributed by atoms with Crippen molar-refractivity contribution in [2.45, 2.75) is 45.7 Å². The summed E-state index contributed by atoms with van der Waals surface area (Å²) in [5.41, 5.74) is 0.840. The van der Waals surface area contributed by atoms with Crippen molar-refractivity contribution in [3.05, 3.63) is 22.6 Å². The first-order valence-electron chi connectivity index (χ1n) is 5.99. The van der Waals surface area contributed by atoms with Gasteiger partial charge in [-0.1, -0.05) is 13.8 Å². The first kappa shape index (κ1) is 11.2. The average molecular weight is 221 g/mol. The van der Waals surface area contributed by atoms with Gasteiger partial charge in [0.05, 0.1) is 11.9 Å². The molecule has 16 heavy (non-hydrogen) atoms. The lowest BCUT2D eigenvalue weighted by molar-refractivity contribution is 0.442. The number of hydrogen-bond donors (Lipinski definition) is 1. The molecule has 1 aromatic rings. The van der Waals surface area contributed by atoms with Gasteiger partial charge < -0.3 is 5.32 Å². The van der Waals surface area contributed by atoms with Crippen LogP contribution in [0.5, 0.6) is 0 Å². The Morgan fingerprint density at radius 3 is 2.81 bits per heavy atom. The van der Waals surface area contributed by atoms with Gasteiger partial charge in [0, 0.05) is 18.7 Å². The Labute approximate surface area is 95.7 Å². The molecule has 4 heteroatoms. The summed E-state index contributed by atoms with van der Waals surface area (Å²) in [6, 6.07) is 2.19. The van der Waals surface area contributed by atoms with Gasteiger partial charge in [0.25, 0.3) is 5.56 Å². The lowest BCUT2D eigenvalue weighted by atomic mass is 9.93. The highest BCUT2D eigenvalue weighted by molar-refractivity contribution is 5.40. The fourth-order valence-corrected chi connectivity index (χ4v) is 1.78. The third-order valence-electron chi connectivity index (χ3n) is 2.88. The summed E-state index contributed by atoms with van der Waals surface area (Å²) in [5, 5.41) is 7.50. The molecule has 0 unspecified atom stereocenters. The third kappa shape index (κ3) is 2.62. The molecule has 0 atom stereocenters. The van der Waals surface area contributed by atoms with E-state index in [4.69, 9.17) is 0 Å². The minimum atomic E-state index is -0.0157. The lowest BCUT2D eigenvalue weighted by Gasteiger charge is -2.27. The predicted molar refractivity (Wildman–Crippen MR) is 64.6 cm³/mol. The average Bonchev–Trinajstić information content (AvgIpc) is 2.15. The van der Waals surface area contributed by atoms with Gasteiger partial charge in [-0.2, -0.15) is 5.10 Å². The van der Waals surface area contributed by atoms with Crippen LogP contribution in [-0.4, -0.2) is 15.8 Å². The third-order valence-corrected chi connectivity index (χ3v) is 2.88. The van der Waals surface area contributed by atoms with Crippen LogP contribution in [0.25, 0.3) is 0 Å². The summed E-state index contributed by atoms with van der Waals surface area (Å²) in [5.74, 6) is 0.440. The normalized spacial score (nSPS) is 16.2. The number of hydrogen-bond acceptors (Lipinski definition) is 3. The van der Waals surface area contributed by atoms with Crippen molar-refractivity contribution < 1.29 is 0 Å². The molecule has 1 aromatic heterocycles. The van der Waals surface area contributed by atoms with E-state index in [9.17, 15) is 4.79 Å². The summed E-state index contributed by atoms with van der Waals surface area (Å²) in [7, 11) is 0. The zero-order valence-corrected chi connectivity index (χ0v) is 9.94. The molecule has 1 fully saturated rings. The summed E-state index contributed by atoms with van der Waals surface area (Å²) in [6.07, 6.45) is 5.45. The standard InChI is InChI=1S/C12H19N3O/c1-9(2)8-15-12(16)6-11(7-13-15)14-10-4-3-5-10/h6-7,9-10,14H,3-5,8H2,1-2H3. The van der Waals surface area contributed by atoms with Crippen LogP contribution in [-0.2, 0) is 6.54 Å². The van der Waals surface area contributed by atoms with Crippen molar-refractivity contribution in [2.75, 3.05) is 5.32 Å². The molecule has 88 valence electrons. The molecule has 1 saturated carbocycles. The minimum absolute atomic E-state index is 0.0157. The van der Waals surface area contributed by atoms with Crippen molar-refractivity contribution in [3.8, 4) is 0 Å². The topological polar surface area (TPSA) is 46.9 Å². The first-order valence-corrected chi connectivity index (χ1v) is 5.99. The van der Waals surface area contributed by atoms with Gasteiger partial charge in [0.2, 0.25) is 0 Å². The molecule has 1 aliphatic rings. The maximum Gasteiger partial charge on any atom is 0.268 e. The van der Waals surface area contributed by atoms with E-state index in [0.717, 1.165) is 5.69 Å². The first-order chi connectivity index (χ1) is 7.65. The number of aromatic nitrogens is 2. The molecule has 0 bridgehead atoms. The van der Waals surface area contributed by atoms with Crippen LogP contribution >= 0.6 is 0 Å². The zero-order valence-electron chi connectivity index (χ0n) is 9.94. The van der Waals surface area contributed by atoms with Crippen molar-refractivity contribution >= 4 is 5.69 Å². The van der Waals surface area contributed by atoms with E-state index in [2.05, 4.69) is 24.3 Å². The monoisotopic (exact) mass is 221 g/mol. The van der Waals surface area contributed by atoms with Gasteiger partial charge in [-0.25, -0.2) is 4.68 Å². The van der Waals surface area contributed by atoms with E-state index in [1.807, 2.05) is 0 Å². The molecule has 0 radical (unpaired) electrons. The molecule has 1 N–H and O–H groups in total. The van der Waals surface area contributed by atoms with Crippen LogP contribution in [0.2, 0.25) is 0 Å². The summed E-state index contributed by atoms with van der Waals surface area (Å²) >= 11 is 0. The molecular weight excluding hydrogens is 202 g/mol. The Balaban J connectivity index is 2.06. The van der Waals surface area contributed by atoms with Crippen LogP contribution in [0.15, 0.2) is 17.1 Å². The van der Waals surface area contributed by atoms with E-state index in [0.29, 0.717) is 18.5 Å². The Bertz CT molecular complexity index is 407. The molecule has 4 nitrogen and oxygen atoms in total. The van der Waals surface area contributed by atoms with Gasteiger partial charge in [0.1, 0.15) is 0 Å². The van der Waals surface area contributed by atoms with Gasteiger partial charge in [-0.3, -0.25) is 4.79 Å². The summed E-state index contributed by atoms with van der Waals surface area (Å²) in [4.78, 5) is 11.7. The molecule has 0 amide bonds. The number of anilines is 1. The predicted octanol–water partition coefficient (Wildman–Crippen LogP) is 1.86. The second-order valence-electron chi connectivity index (χ2n) is 4.93. The van der Waals surface area contributed by atoms with Crippen LogP contribution in [0.4, 0.5) is 5.69 Å². The number of nitrogens with one attached hydrogen (secondary N) is 1. The van der Waals surface area contributed by atoms with E-state index < -0.39 is 0 Å². The van der Waals surface area contributed by atoms with Crippen molar-refractivity contribution in [3.63, 3.8) is 0 Å². The van der Waals surface area contributed by atoms with Crippen LogP contribution in [0.1, 0.15) is 33.1 Å². The Hall–Kier alpha value is -1.32. The fourth-order valence-electron chi connectivity index (χ4n) is 1.78. The summed E-state index contributed by atoms with van der Waals surface area (Å²) in [6.45, 7) is 4.84. The molecule has 1 aliphatic carbocycles. The molecular formula is C12H19N3O. The number of nitrogens with zero attached hydrogens (tertiary/aromatic N) is 2. The highest BCUT2D eigenvalue weighted by Gasteiger charge is 2.17.